The predicted molar refractivity (Wildman–Crippen MR) is 69.1 cm³/mol. The van der Waals surface area contributed by atoms with E-state index in [1.807, 2.05) is 6.92 Å². The van der Waals surface area contributed by atoms with Crippen LogP contribution in [0.25, 0.3) is 0 Å². The Kier molecular flexibility index (Phi) is 3.69. The first-order chi connectivity index (χ1) is 8.60. The van der Waals surface area contributed by atoms with E-state index in [-0.39, 0.29) is 17.9 Å². The van der Waals surface area contributed by atoms with Crippen molar-refractivity contribution in [3.8, 4) is 5.75 Å². The minimum absolute atomic E-state index is 0.229. The van der Waals surface area contributed by atoms with Crippen molar-refractivity contribution in [2.45, 2.75) is 32.4 Å². The molecule has 2 atom stereocenters. The Hall–Kier alpha value is -1.78. The molecule has 0 aromatic heterocycles. The van der Waals surface area contributed by atoms with Crippen molar-refractivity contribution in [3.05, 3.63) is 29.6 Å². The van der Waals surface area contributed by atoms with Gasteiger partial charge in [0.05, 0.1) is 0 Å². The smallest absolute Gasteiger partial charge is 0.189 e. The third-order valence-corrected chi connectivity index (χ3v) is 3.03. The number of nitrogens with one attached hydrogen (secondary N) is 1. The quantitative estimate of drug-likeness (QED) is 0.637. The van der Waals surface area contributed by atoms with Crippen molar-refractivity contribution in [1.29, 1.82) is 0 Å². The van der Waals surface area contributed by atoms with Crippen molar-refractivity contribution >= 4 is 5.96 Å². The Morgan fingerprint density at radius 2 is 2.44 bits per heavy atom. The van der Waals surface area contributed by atoms with Crippen molar-refractivity contribution in [2.24, 2.45) is 10.7 Å². The van der Waals surface area contributed by atoms with Crippen molar-refractivity contribution in [3.63, 3.8) is 0 Å². The second-order valence-corrected chi connectivity index (χ2v) is 4.48. The second-order valence-electron chi connectivity index (χ2n) is 4.48. The van der Waals surface area contributed by atoms with Gasteiger partial charge in [0.15, 0.2) is 5.96 Å². The number of benzene rings is 1. The van der Waals surface area contributed by atoms with E-state index in [1.54, 1.807) is 6.07 Å². The van der Waals surface area contributed by atoms with E-state index in [4.69, 9.17) is 10.5 Å². The maximum atomic E-state index is 13.2. The number of ether oxygens (including phenoxy) is 1. The molecular weight excluding hydrogens is 233 g/mol. The Morgan fingerprint density at radius 3 is 3.17 bits per heavy atom. The molecule has 0 saturated carbocycles. The molecule has 2 unspecified atom stereocenters. The molecule has 1 aliphatic rings. The normalized spacial score (nSPS) is 20.2. The topological polar surface area (TPSA) is 59.6 Å². The van der Waals surface area contributed by atoms with Crippen molar-refractivity contribution in [2.75, 3.05) is 6.61 Å². The fourth-order valence-corrected chi connectivity index (χ4v) is 1.84. The van der Waals surface area contributed by atoms with Crippen LogP contribution in [0.5, 0.6) is 5.75 Å². The van der Waals surface area contributed by atoms with E-state index in [0.717, 1.165) is 12.0 Å². The first-order valence-electron chi connectivity index (χ1n) is 6.12. The number of nitrogens with zero attached hydrogens (tertiary/aromatic N) is 1. The number of nitrogens with two attached hydrogens (primary N) is 1. The third kappa shape index (κ3) is 2.72. The molecule has 1 aromatic carbocycles. The van der Waals surface area contributed by atoms with E-state index >= 15 is 0 Å². The minimum Gasteiger partial charge on any atom is -0.491 e. The van der Waals surface area contributed by atoms with Crippen LogP contribution in [-0.2, 0) is 0 Å². The number of guanidine groups is 1. The summed E-state index contributed by atoms with van der Waals surface area (Å²) in [5.74, 6) is 0.768. The predicted octanol–water partition coefficient (Wildman–Crippen LogP) is 1.96. The van der Waals surface area contributed by atoms with Crippen LogP contribution in [0.15, 0.2) is 23.2 Å². The van der Waals surface area contributed by atoms with Gasteiger partial charge >= 0.3 is 0 Å². The number of hydrogen-bond acceptors (Lipinski definition) is 2. The third-order valence-electron chi connectivity index (χ3n) is 3.03. The van der Waals surface area contributed by atoms with E-state index in [9.17, 15) is 4.39 Å². The number of hydrogen-bond donors (Lipinski definition) is 2. The summed E-state index contributed by atoms with van der Waals surface area (Å²) in [5.41, 5.74) is 6.57. The molecule has 98 valence electrons. The standard InChI is InChI=1S/C13H18FN3O/c1-3-8(2)16-13(15)17-11-7-18-12-5-4-9(14)6-10(11)12/h4-6,8,11H,3,7H2,1-2H3,(H3,15,16,17). The summed E-state index contributed by atoms with van der Waals surface area (Å²) >= 11 is 0. The maximum absolute atomic E-state index is 13.2. The molecule has 0 bridgehead atoms. The van der Waals surface area contributed by atoms with Gasteiger partial charge in [-0.1, -0.05) is 6.92 Å². The molecule has 1 heterocycles. The monoisotopic (exact) mass is 251 g/mol. The average molecular weight is 251 g/mol. The lowest BCUT2D eigenvalue weighted by Gasteiger charge is -2.13. The molecule has 0 aliphatic carbocycles. The van der Waals surface area contributed by atoms with Gasteiger partial charge in [-0.05, 0) is 31.5 Å². The first kappa shape index (κ1) is 12.7. The van der Waals surface area contributed by atoms with Gasteiger partial charge in [-0.15, -0.1) is 0 Å². The zero-order chi connectivity index (χ0) is 13.1. The molecule has 0 radical (unpaired) electrons. The van der Waals surface area contributed by atoms with Gasteiger partial charge in [-0.3, -0.25) is 0 Å². The Bertz CT molecular complexity index is 462. The summed E-state index contributed by atoms with van der Waals surface area (Å²) < 4.78 is 18.6. The van der Waals surface area contributed by atoms with Gasteiger partial charge in [-0.2, -0.15) is 0 Å². The van der Waals surface area contributed by atoms with E-state index in [0.29, 0.717) is 18.3 Å². The highest BCUT2D eigenvalue weighted by Gasteiger charge is 2.24. The SMILES string of the molecule is CCC(C)NC(N)=NC1COc2ccc(F)cc21. The average Bonchev–Trinajstić information content (AvgIpc) is 2.71. The molecule has 1 aliphatic heterocycles. The van der Waals surface area contributed by atoms with Crippen LogP contribution in [0, 0.1) is 5.82 Å². The Labute approximate surface area is 106 Å². The van der Waals surface area contributed by atoms with Crippen LogP contribution in [0.1, 0.15) is 31.9 Å². The van der Waals surface area contributed by atoms with Gasteiger partial charge in [-0.25, -0.2) is 9.38 Å². The minimum atomic E-state index is -0.284. The lowest BCUT2D eigenvalue weighted by Crippen LogP contribution is -2.38. The van der Waals surface area contributed by atoms with Crippen LogP contribution < -0.4 is 15.8 Å². The van der Waals surface area contributed by atoms with E-state index < -0.39 is 0 Å². The van der Waals surface area contributed by atoms with Gasteiger partial charge < -0.3 is 15.8 Å². The maximum Gasteiger partial charge on any atom is 0.189 e. The lowest BCUT2D eigenvalue weighted by molar-refractivity contribution is 0.333. The molecule has 2 rings (SSSR count). The molecule has 4 nitrogen and oxygen atoms in total. The molecule has 18 heavy (non-hydrogen) atoms. The highest BCUT2D eigenvalue weighted by molar-refractivity contribution is 5.78. The fourth-order valence-electron chi connectivity index (χ4n) is 1.84. The molecule has 5 heteroatoms. The second kappa shape index (κ2) is 5.25. The Balaban J connectivity index is 2.13. The summed E-state index contributed by atoms with van der Waals surface area (Å²) in [7, 11) is 0. The number of halogens is 1. The van der Waals surface area contributed by atoms with E-state index in [1.165, 1.54) is 12.1 Å². The van der Waals surface area contributed by atoms with Crippen LogP contribution in [0.2, 0.25) is 0 Å². The first-order valence-corrected chi connectivity index (χ1v) is 6.12. The van der Waals surface area contributed by atoms with Gasteiger partial charge in [0, 0.05) is 11.6 Å². The molecule has 0 saturated heterocycles. The van der Waals surface area contributed by atoms with Crippen LogP contribution in [0.4, 0.5) is 4.39 Å². The summed E-state index contributed by atoms with van der Waals surface area (Å²) in [6.07, 6.45) is 0.961. The molecule has 0 amide bonds. The zero-order valence-electron chi connectivity index (χ0n) is 10.6. The largest absolute Gasteiger partial charge is 0.491 e. The fraction of sp³-hybridized carbons (Fsp3) is 0.462. The highest BCUT2D eigenvalue weighted by Crippen LogP contribution is 2.34. The van der Waals surface area contributed by atoms with E-state index in [2.05, 4.69) is 17.2 Å². The lowest BCUT2D eigenvalue weighted by atomic mass is 10.1. The molecule has 0 fully saturated rings. The molecule has 0 spiro atoms. The van der Waals surface area contributed by atoms with Crippen LogP contribution in [-0.4, -0.2) is 18.6 Å². The van der Waals surface area contributed by atoms with Crippen molar-refractivity contribution in [1.82, 2.24) is 5.32 Å². The zero-order valence-corrected chi connectivity index (χ0v) is 10.6. The summed E-state index contributed by atoms with van der Waals surface area (Å²) in [4.78, 5) is 4.34. The van der Waals surface area contributed by atoms with Gasteiger partial charge in [0.2, 0.25) is 0 Å². The molecular formula is C13H18FN3O. The number of rotatable bonds is 3. The Morgan fingerprint density at radius 1 is 1.67 bits per heavy atom. The number of aliphatic imine (C=N–C) groups is 1. The van der Waals surface area contributed by atoms with Crippen LogP contribution >= 0.6 is 0 Å². The highest BCUT2D eigenvalue weighted by atomic mass is 19.1. The van der Waals surface area contributed by atoms with Gasteiger partial charge in [0.1, 0.15) is 24.2 Å². The summed E-state index contributed by atoms with van der Waals surface area (Å²) in [6.45, 7) is 4.50. The molecule has 1 aromatic rings. The molecule has 3 N–H and O–H groups in total. The van der Waals surface area contributed by atoms with Gasteiger partial charge in [0.25, 0.3) is 0 Å². The number of fused-ring (bicyclic) bond motifs is 1. The van der Waals surface area contributed by atoms with Crippen molar-refractivity contribution < 1.29 is 9.13 Å². The summed E-state index contributed by atoms with van der Waals surface area (Å²) in [6, 6.07) is 4.49. The summed E-state index contributed by atoms with van der Waals surface area (Å²) in [5, 5.41) is 3.08. The van der Waals surface area contributed by atoms with Crippen LogP contribution in [0.3, 0.4) is 0 Å².